The first kappa shape index (κ1) is 19.9. The predicted octanol–water partition coefficient (Wildman–Crippen LogP) is 2.78. The molecule has 0 fully saturated rings. The molecular formula is C18H28N2O4. The number of carbonyl (C=O) groups excluding carboxylic acids is 1. The van der Waals surface area contributed by atoms with Crippen molar-refractivity contribution in [3.05, 3.63) is 45.8 Å². The second kappa shape index (κ2) is 12.3. The molecule has 0 saturated carbocycles. The van der Waals surface area contributed by atoms with Crippen LogP contribution in [0.15, 0.2) is 34.5 Å². The summed E-state index contributed by atoms with van der Waals surface area (Å²) < 4.78 is 6.16. The van der Waals surface area contributed by atoms with Crippen LogP contribution in [-0.2, 0) is 16.1 Å². The van der Waals surface area contributed by atoms with E-state index in [9.17, 15) is 14.4 Å². The molecule has 6 nitrogen and oxygen atoms in total. The average molecular weight is 336 g/mol. The number of ether oxygens (including phenoxy) is 1. The topological polar surface area (TPSA) is 81.2 Å². The fourth-order valence-electron chi connectivity index (χ4n) is 2.51. The van der Waals surface area contributed by atoms with Crippen LogP contribution in [0.25, 0.3) is 0 Å². The van der Waals surface area contributed by atoms with Crippen LogP contribution < -0.4 is 11.2 Å². The zero-order valence-corrected chi connectivity index (χ0v) is 14.3. The van der Waals surface area contributed by atoms with Crippen LogP contribution in [0.3, 0.4) is 0 Å². The summed E-state index contributed by atoms with van der Waals surface area (Å²) in [5, 5.41) is 0. The fraction of sp³-hybridized carbons (Fsp3) is 0.611. The summed E-state index contributed by atoms with van der Waals surface area (Å²) >= 11 is 0. The van der Waals surface area contributed by atoms with E-state index in [1.165, 1.54) is 42.2 Å². The number of H-pyrrole nitrogens is 1. The molecule has 1 aromatic heterocycles. The molecule has 1 heterocycles. The van der Waals surface area contributed by atoms with Crippen LogP contribution in [0.5, 0.6) is 0 Å². The smallest absolute Gasteiger partial charge is 0.330 e. The van der Waals surface area contributed by atoms with Crippen molar-refractivity contribution < 1.29 is 9.53 Å². The third-order valence-electron chi connectivity index (χ3n) is 3.88. The maximum atomic E-state index is 11.5. The summed E-state index contributed by atoms with van der Waals surface area (Å²) in [7, 11) is 0. The zero-order chi connectivity index (χ0) is 17.6. The maximum Gasteiger partial charge on any atom is 0.330 e. The van der Waals surface area contributed by atoms with Crippen molar-refractivity contribution in [1.29, 1.82) is 0 Å². The third-order valence-corrected chi connectivity index (χ3v) is 3.88. The summed E-state index contributed by atoms with van der Waals surface area (Å²) in [5.74, 6) is -0.352. The first-order valence-electron chi connectivity index (χ1n) is 8.73. The SMILES string of the molecule is C=CC(=O)OCCCCCCCCCCCn1c(=O)cc[nH]c1=O. The number of carbonyl (C=O) groups is 1. The van der Waals surface area contributed by atoms with Crippen LogP contribution in [0.1, 0.15) is 57.8 Å². The monoisotopic (exact) mass is 336 g/mol. The second-order valence-electron chi connectivity index (χ2n) is 5.83. The molecule has 24 heavy (non-hydrogen) atoms. The van der Waals surface area contributed by atoms with Crippen molar-refractivity contribution in [3.8, 4) is 0 Å². The number of rotatable bonds is 13. The molecule has 0 saturated heterocycles. The number of aromatic nitrogens is 2. The van der Waals surface area contributed by atoms with Crippen LogP contribution in [0.4, 0.5) is 0 Å². The number of aromatic amines is 1. The van der Waals surface area contributed by atoms with E-state index in [4.69, 9.17) is 4.74 Å². The molecule has 0 aliphatic rings. The molecule has 134 valence electrons. The summed E-state index contributed by atoms with van der Waals surface area (Å²) in [6.45, 7) is 4.31. The quantitative estimate of drug-likeness (QED) is 0.341. The molecule has 0 amide bonds. The standard InChI is InChI=1S/C18H28N2O4/c1-2-17(22)24-15-11-9-7-5-3-4-6-8-10-14-20-16(21)12-13-19-18(20)23/h2,12-13H,1,3-11,14-15H2,(H,19,23). The minimum atomic E-state index is -0.352. The molecule has 0 atom stereocenters. The molecule has 0 radical (unpaired) electrons. The van der Waals surface area contributed by atoms with Crippen molar-refractivity contribution in [2.24, 2.45) is 0 Å². The van der Waals surface area contributed by atoms with Gasteiger partial charge >= 0.3 is 11.7 Å². The highest BCUT2D eigenvalue weighted by atomic mass is 16.5. The highest BCUT2D eigenvalue weighted by Gasteiger charge is 2.00. The molecule has 0 aliphatic heterocycles. The highest BCUT2D eigenvalue weighted by Crippen LogP contribution is 2.10. The van der Waals surface area contributed by atoms with E-state index in [-0.39, 0.29) is 17.2 Å². The molecule has 0 bridgehead atoms. The van der Waals surface area contributed by atoms with Crippen molar-refractivity contribution in [3.63, 3.8) is 0 Å². The molecule has 6 heteroatoms. The van der Waals surface area contributed by atoms with Crippen LogP contribution in [0.2, 0.25) is 0 Å². The van der Waals surface area contributed by atoms with Gasteiger partial charge in [-0.15, -0.1) is 0 Å². The molecule has 1 rings (SSSR count). The van der Waals surface area contributed by atoms with Gasteiger partial charge in [-0.2, -0.15) is 0 Å². The van der Waals surface area contributed by atoms with E-state index >= 15 is 0 Å². The average Bonchev–Trinajstić information content (AvgIpc) is 2.57. The van der Waals surface area contributed by atoms with E-state index in [0.29, 0.717) is 13.2 Å². The lowest BCUT2D eigenvalue weighted by Crippen LogP contribution is -2.33. The van der Waals surface area contributed by atoms with Crippen LogP contribution >= 0.6 is 0 Å². The molecule has 1 N–H and O–H groups in total. The lowest BCUT2D eigenvalue weighted by Gasteiger charge is -2.04. The normalized spacial score (nSPS) is 10.5. The molecule has 0 aliphatic carbocycles. The number of esters is 1. The van der Waals surface area contributed by atoms with Gasteiger partial charge in [-0.3, -0.25) is 9.36 Å². The maximum absolute atomic E-state index is 11.5. The minimum absolute atomic E-state index is 0.238. The van der Waals surface area contributed by atoms with Crippen LogP contribution in [-0.4, -0.2) is 22.1 Å². The fourth-order valence-corrected chi connectivity index (χ4v) is 2.51. The van der Waals surface area contributed by atoms with Gasteiger partial charge in [0.2, 0.25) is 0 Å². The Hall–Kier alpha value is -2.11. The first-order valence-corrected chi connectivity index (χ1v) is 8.73. The van der Waals surface area contributed by atoms with Gasteiger partial charge in [-0.25, -0.2) is 9.59 Å². The molecule has 1 aromatic rings. The summed E-state index contributed by atoms with van der Waals surface area (Å²) in [5.41, 5.74) is -0.571. The molecular weight excluding hydrogens is 308 g/mol. The lowest BCUT2D eigenvalue weighted by atomic mass is 10.1. The van der Waals surface area contributed by atoms with Crippen LogP contribution in [0, 0.1) is 0 Å². The van der Waals surface area contributed by atoms with Gasteiger partial charge in [0.05, 0.1) is 6.61 Å². The van der Waals surface area contributed by atoms with Crippen molar-refractivity contribution >= 4 is 5.97 Å². The van der Waals surface area contributed by atoms with E-state index in [2.05, 4.69) is 11.6 Å². The summed E-state index contributed by atoms with van der Waals surface area (Å²) in [6.07, 6.45) is 12.2. The van der Waals surface area contributed by atoms with Crippen molar-refractivity contribution in [2.75, 3.05) is 6.61 Å². The number of unbranched alkanes of at least 4 members (excludes halogenated alkanes) is 8. The van der Waals surface area contributed by atoms with Gasteiger partial charge in [-0.1, -0.05) is 51.5 Å². The van der Waals surface area contributed by atoms with Crippen molar-refractivity contribution in [2.45, 2.75) is 64.3 Å². The van der Waals surface area contributed by atoms with E-state index in [0.717, 1.165) is 38.5 Å². The molecule has 0 unspecified atom stereocenters. The Kier molecular flexibility index (Phi) is 10.2. The molecule has 0 aromatic carbocycles. The Labute approximate surface area is 142 Å². The first-order chi connectivity index (χ1) is 11.6. The van der Waals surface area contributed by atoms with Gasteiger partial charge in [0.15, 0.2) is 0 Å². The Morgan fingerprint density at radius 2 is 1.62 bits per heavy atom. The lowest BCUT2D eigenvalue weighted by molar-refractivity contribution is -0.137. The third kappa shape index (κ3) is 8.50. The van der Waals surface area contributed by atoms with E-state index in [1.807, 2.05) is 0 Å². The van der Waals surface area contributed by atoms with Gasteiger partial charge < -0.3 is 9.72 Å². The number of nitrogens with zero attached hydrogens (tertiary/aromatic N) is 1. The summed E-state index contributed by atoms with van der Waals surface area (Å²) in [6, 6.07) is 1.37. The Morgan fingerprint density at radius 1 is 1.04 bits per heavy atom. The minimum Gasteiger partial charge on any atom is -0.463 e. The zero-order valence-electron chi connectivity index (χ0n) is 14.3. The Bertz CT molecular complexity index is 575. The van der Waals surface area contributed by atoms with Gasteiger partial charge in [0.25, 0.3) is 5.56 Å². The predicted molar refractivity (Wildman–Crippen MR) is 94.0 cm³/mol. The number of hydrogen-bond acceptors (Lipinski definition) is 4. The molecule has 0 spiro atoms. The second-order valence-corrected chi connectivity index (χ2v) is 5.83. The van der Waals surface area contributed by atoms with Gasteiger partial charge in [0.1, 0.15) is 0 Å². The van der Waals surface area contributed by atoms with E-state index < -0.39 is 0 Å². The van der Waals surface area contributed by atoms with Crippen molar-refractivity contribution in [1.82, 2.24) is 9.55 Å². The van der Waals surface area contributed by atoms with Gasteiger partial charge in [-0.05, 0) is 12.8 Å². The summed E-state index contributed by atoms with van der Waals surface area (Å²) in [4.78, 5) is 36.3. The Balaban J connectivity index is 1.92. The largest absolute Gasteiger partial charge is 0.463 e. The van der Waals surface area contributed by atoms with Gasteiger partial charge in [0, 0.05) is 24.9 Å². The van der Waals surface area contributed by atoms with E-state index in [1.54, 1.807) is 0 Å². The number of hydrogen-bond donors (Lipinski definition) is 1. The highest BCUT2D eigenvalue weighted by molar-refractivity contribution is 5.81. The Morgan fingerprint density at radius 3 is 2.21 bits per heavy atom. The number of nitrogens with one attached hydrogen (secondary N) is 1.